The van der Waals surface area contributed by atoms with Gasteiger partial charge in [0, 0.05) is 5.25 Å². The normalized spacial score (nSPS) is 17.9. The van der Waals surface area contributed by atoms with Crippen LogP contribution in [0.1, 0.15) is 28.4 Å². The highest BCUT2D eigenvalue weighted by molar-refractivity contribution is 8.00. The van der Waals surface area contributed by atoms with Crippen molar-refractivity contribution < 1.29 is 9.47 Å². The summed E-state index contributed by atoms with van der Waals surface area (Å²) in [6.45, 7) is 0. The average Bonchev–Trinajstić information content (AvgIpc) is 2.80. The second-order valence-corrected chi connectivity index (χ2v) is 8.31. The van der Waals surface area contributed by atoms with Crippen LogP contribution in [0.5, 0.6) is 11.5 Å². The minimum absolute atomic E-state index is 0.159. The summed E-state index contributed by atoms with van der Waals surface area (Å²) in [5, 5.41) is 0.305. The lowest BCUT2D eigenvalue weighted by Crippen LogP contribution is -2.26. The minimum Gasteiger partial charge on any atom is -0.497 e. The molecule has 1 atom stereocenters. The van der Waals surface area contributed by atoms with Crippen LogP contribution in [-0.4, -0.2) is 14.2 Å². The van der Waals surface area contributed by atoms with E-state index in [1.807, 2.05) is 11.8 Å². The van der Waals surface area contributed by atoms with E-state index in [4.69, 9.17) is 9.47 Å². The third-order valence-electron chi connectivity index (χ3n) is 5.29. The molecule has 1 heterocycles. The zero-order valence-electron chi connectivity index (χ0n) is 16.2. The maximum Gasteiger partial charge on any atom is 0.118 e. The summed E-state index contributed by atoms with van der Waals surface area (Å²) in [4.78, 5) is 0. The van der Waals surface area contributed by atoms with Crippen molar-refractivity contribution in [3.63, 3.8) is 0 Å². The standard InChI is InChI=1S/C25H24O2S/c1-26-22-14-10-20(11-15-22)25(21-12-16-23(27-2)17-13-21)18-6-9-24(28-25)19-7-4-3-5-8-19/h3-17,24H,18H2,1-2H3. The number of allylic oxidation sites excluding steroid dienone is 1. The second kappa shape index (κ2) is 8.15. The predicted octanol–water partition coefficient (Wildman–Crippen LogP) is 6.38. The molecule has 1 aliphatic heterocycles. The molecule has 1 unspecified atom stereocenters. The van der Waals surface area contributed by atoms with Crippen molar-refractivity contribution in [1.29, 1.82) is 0 Å². The fraction of sp³-hybridized carbons (Fsp3) is 0.200. The first kappa shape index (κ1) is 18.7. The molecule has 0 fully saturated rings. The van der Waals surface area contributed by atoms with Crippen molar-refractivity contribution >= 4 is 11.8 Å². The summed E-state index contributed by atoms with van der Waals surface area (Å²) in [6.07, 6.45) is 5.59. The van der Waals surface area contributed by atoms with Crippen molar-refractivity contribution in [2.24, 2.45) is 0 Å². The summed E-state index contributed by atoms with van der Waals surface area (Å²) in [7, 11) is 3.41. The third kappa shape index (κ3) is 3.55. The zero-order valence-corrected chi connectivity index (χ0v) is 17.0. The lowest BCUT2D eigenvalue weighted by atomic mass is 9.86. The number of ether oxygens (including phenoxy) is 2. The molecule has 0 aromatic heterocycles. The van der Waals surface area contributed by atoms with Gasteiger partial charge in [0.05, 0.1) is 19.0 Å². The van der Waals surface area contributed by atoms with Crippen molar-refractivity contribution in [1.82, 2.24) is 0 Å². The van der Waals surface area contributed by atoms with Gasteiger partial charge in [-0.3, -0.25) is 0 Å². The van der Waals surface area contributed by atoms with Gasteiger partial charge >= 0.3 is 0 Å². The monoisotopic (exact) mass is 388 g/mol. The van der Waals surface area contributed by atoms with E-state index in [-0.39, 0.29) is 4.75 Å². The van der Waals surface area contributed by atoms with E-state index in [0.29, 0.717) is 5.25 Å². The second-order valence-electron chi connectivity index (χ2n) is 6.87. The molecule has 3 aromatic rings. The Morgan fingerprint density at radius 2 is 1.29 bits per heavy atom. The lowest BCUT2D eigenvalue weighted by Gasteiger charge is -2.39. The van der Waals surface area contributed by atoms with Gasteiger partial charge in [0.15, 0.2) is 0 Å². The Morgan fingerprint density at radius 1 is 0.750 bits per heavy atom. The molecule has 3 aromatic carbocycles. The van der Waals surface area contributed by atoms with E-state index < -0.39 is 0 Å². The zero-order chi connectivity index (χ0) is 19.4. The average molecular weight is 389 g/mol. The smallest absolute Gasteiger partial charge is 0.118 e. The SMILES string of the molecule is COc1ccc(C2(c3ccc(OC)cc3)CC=CC(c3ccccc3)S2)cc1. The molecule has 142 valence electrons. The molecular weight excluding hydrogens is 364 g/mol. The third-order valence-corrected chi connectivity index (χ3v) is 7.01. The Balaban J connectivity index is 1.80. The van der Waals surface area contributed by atoms with Crippen LogP contribution in [0, 0.1) is 0 Å². The van der Waals surface area contributed by atoms with Crippen LogP contribution >= 0.6 is 11.8 Å². The lowest BCUT2D eigenvalue weighted by molar-refractivity contribution is 0.414. The molecule has 4 rings (SSSR count). The van der Waals surface area contributed by atoms with E-state index in [2.05, 4.69) is 91.0 Å². The minimum atomic E-state index is -0.159. The van der Waals surface area contributed by atoms with Crippen LogP contribution in [-0.2, 0) is 4.75 Å². The maximum atomic E-state index is 5.38. The summed E-state index contributed by atoms with van der Waals surface area (Å²) in [5.74, 6) is 1.76. The van der Waals surface area contributed by atoms with Gasteiger partial charge in [-0.2, -0.15) is 0 Å². The predicted molar refractivity (Wildman–Crippen MR) is 117 cm³/mol. The van der Waals surface area contributed by atoms with Crippen LogP contribution < -0.4 is 9.47 Å². The molecule has 2 nitrogen and oxygen atoms in total. The Kier molecular flexibility index (Phi) is 5.45. The molecule has 0 spiro atoms. The van der Waals surface area contributed by atoms with E-state index in [1.165, 1.54) is 16.7 Å². The Bertz CT molecular complexity index is 883. The largest absolute Gasteiger partial charge is 0.497 e. The molecule has 3 heteroatoms. The van der Waals surface area contributed by atoms with Crippen LogP contribution in [0.15, 0.2) is 91.0 Å². The number of hydrogen-bond donors (Lipinski definition) is 0. The summed E-state index contributed by atoms with van der Waals surface area (Å²) >= 11 is 2.00. The van der Waals surface area contributed by atoms with Crippen molar-refractivity contribution in [2.75, 3.05) is 14.2 Å². The molecule has 0 radical (unpaired) electrons. The molecule has 28 heavy (non-hydrogen) atoms. The van der Waals surface area contributed by atoms with Gasteiger partial charge in [-0.05, 0) is 47.4 Å². The fourth-order valence-corrected chi connectivity index (χ4v) is 5.40. The highest BCUT2D eigenvalue weighted by Gasteiger charge is 2.38. The molecule has 0 saturated carbocycles. The van der Waals surface area contributed by atoms with Crippen LogP contribution in [0.3, 0.4) is 0 Å². The van der Waals surface area contributed by atoms with E-state index >= 15 is 0 Å². The number of rotatable bonds is 5. The first-order valence-corrected chi connectivity index (χ1v) is 10.3. The van der Waals surface area contributed by atoms with Crippen LogP contribution in [0.2, 0.25) is 0 Å². The number of methoxy groups -OCH3 is 2. The molecule has 0 amide bonds. The Labute approximate surface area is 171 Å². The summed E-state index contributed by atoms with van der Waals surface area (Å²) in [5.41, 5.74) is 3.90. The van der Waals surface area contributed by atoms with Crippen molar-refractivity contribution in [2.45, 2.75) is 16.4 Å². The fourth-order valence-electron chi connectivity index (χ4n) is 3.74. The molecule has 0 N–H and O–H groups in total. The van der Waals surface area contributed by atoms with Gasteiger partial charge in [0.25, 0.3) is 0 Å². The van der Waals surface area contributed by atoms with Crippen molar-refractivity contribution in [3.05, 3.63) is 108 Å². The maximum absolute atomic E-state index is 5.38. The molecule has 0 bridgehead atoms. The highest BCUT2D eigenvalue weighted by Crippen LogP contribution is 2.55. The van der Waals surface area contributed by atoms with Crippen LogP contribution in [0.4, 0.5) is 0 Å². The Morgan fingerprint density at radius 3 is 1.79 bits per heavy atom. The quantitative estimate of drug-likeness (QED) is 0.472. The number of hydrogen-bond acceptors (Lipinski definition) is 3. The van der Waals surface area contributed by atoms with Gasteiger partial charge in [-0.15, -0.1) is 11.8 Å². The van der Waals surface area contributed by atoms with Gasteiger partial charge < -0.3 is 9.47 Å². The van der Waals surface area contributed by atoms with Gasteiger partial charge in [0.2, 0.25) is 0 Å². The van der Waals surface area contributed by atoms with E-state index in [1.54, 1.807) is 14.2 Å². The highest BCUT2D eigenvalue weighted by atomic mass is 32.2. The first-order chi connectivity index (χ1) is 13.7. The topological polar surface area (TPSA) is 18.5 Å². The van der Waals surface area contributed by atoms with Gasteiger partial charge in [-0.1, -0.05) is 66.7 Å². The number of benzene rings is 3. The summed E-state index contributed by atoms with van der Waals surface area (Å²) in [6, 6.07) is 27.7. The van der Waals surface area contributed by atoms with Gasteiger partial charge in [-0.25, -0.2) is 0 Å². The van der Waals surface area contributed by atoms with Gasteiger partial charge in [0.1, 0.15) is 11.5 Å². The van der Waals surface area contributed by atoms with E-state index in [9.17, 15) is 0 Å². The number of thioether (sulfide) groups is 1. The van der Waals surface area contributed by atoms with E-state index in [0.717, 1.165) is 17.9 Å². The molecular formula is C25H24O2S. The molecule has 1 aliphatic rings. The Hall–Kier alpha value is -2.65. The van der Waals surface area contributed by atoms with Crippen LogP contribution in [0.25, 0.3) is 0 Å². The molecule has 0 aliphatic carbocycles. The van der Waals surface area contributed by atoms with Crippen molar-refractivity contribution in [3.8, 4) is 11.5 Å². The first-order valence-electron chi connectivity index (χ1n) is 9.44. The summed E-state index contributed by atoms with van der Waals surface area (Å²) < 4.78 is 10.6. The molecule has 0 saturated heterocycles.